The van der Waals surface area contributed by atoms with Crippen LogP contribution in [0, 0.1) is 12.7 Å². The van der Waals surface area contributed by atoms with Crippen LogP contribution in [0.15, 0.2) is 48.8 Å². The Morgan fingerprint density at radius 2 is 1.47 bits per heavy atom. The molecule has 1 aromatic carbocycles. The van der Waals surface area contributed by atoms with Crippen molar-refractivity contribution in [1.29, 1.82) is 0 Å². The molecule has 102 valence electrons. The minimum absolute atomic E-state index is 0.0809. The Morgan fingerprint density at radius 3 is 1.79 bits per heavy atom. The van der Waals surface area contributed by atoms with Gasteiger partial charge < -0.3 is 0 Å². The molecule has 1 aromatic heterocycles. The van der Waals surface area contributed by atoms with Crippen LogP contribution in [-0.2, 0) is 0 Å². The molecule has 0 amide bonds. The van der Waals surface area contributed by atoms with Crippen molar-refractivity contribution in [3.8, 4) is 0 Å². The second-order valence-corrected chi connectivity index (χ2v) is 3.59. The lowest BCUT2D eigenvalue weighted by Gasteiger charge is -1.88. The third kappa shape index (κ3) is 7.82. The topological polar surface area (TPSA) is 30.0 Å². The normalized spacial score (nSPS) is 8.47. The van der Waals surface area contributed by atoms with Gasteiger partial charge in [0.1, 0.15) is 5.82 Å². The van der Waals surface area contributed by atoms with Crippen molar-refractivity contribution < 1.29 is 9.18 Å². The highest BCUT2D eigenvalue weighted by molar-refractivity contribution is 5.93. The van der Waals surface area contributed by atoms with Crippen molar-refractivity contribution in [1.82, 2.24) is 4.98 Å². The van der Waals surface area contributed by atoms with Gasteiger partial charge in [-0.25, -0.2) is 4.39 Å². The average molecular weight is 261 g/mol. The Hall–Kier alpha value is -2.03. The van der Waals surface area contributed by atoms with Crippen molar-refractivity contribution in [2.24, 2.45) is 0 Å². The smallest absolute Gasteiger partial charge is 0.159 e. The summed E-state index contributed by atoms with van der Waals surface area (Å²) in [5.74, 6) is -0.0898. The zero-order chi connectivity index (χ0) is 14.7. The number of rotatable bonds is 1. The molecule has 19 heavy (non-hydrogen) atoms. The molecule has 3 heteroatoms. The number of ketones is 1. The number of halogens is 1. The Bertz CT molecular complexity index is 445. The SMILES string of the molecule is CC.CC(=O)c1ccncc1.Cc1ccc(F)cc1. The van der Waals surface area contributed by atoms with E-state index in [1.165, 1.54) is 19.1 Å². The first-order valence-electron chi connectivity index (χ1n) is 6.22. The average Bonchev–Trinajstić information content (AvgIpc) is 2.46. The summed E-state index contributed by atoms with van der Waals surface area (Å²) in [5.41, 5.74) is 1.80. The minimum atomic E-state index is -0.171. The fourth-order valence-electron chi connectivity index (χ4n) is 1.12. The minimum Gasteiger partial charge on any atom is -0.295 e. The molecule has 0 aliphatic heterocycles. The third-order valence-electron chi connectivity index (χ3n) is 2.10. The maximum atomic E-state index is 12.1. The number of nitrogens with zero attached hydrogens (tertiary/aromatic N) is 1. The van der Waals surface area contributed by atoms with Crippen molar-refractivity contribution in [2.45, 2.75) is 27.7 Å². The number of hydrogen-bond donors (Lipinski definition) is 0. The quantitative estimate of drug-likeness (QED) is 0.710. The number of Topliss-reactive ketones (excluding diaryl/α,β-unsaturated/α-hetero) is 1. The van der Waals surface area contributed by atoms with Crippen LogP contribution in [0.2, 0.25) is 0 Å². The molecule has 2 aromatic rings. The van der Waals surface area contributed by atoms with Crippen LogP contribution in [0.5, 0.6) is 0 Å². The predicted octanol–water partition coefficient (Wildman–Crippen LogP) is 4.44. The molecule has 0 spiro atoms. The van der Waals surface area contributed by atoms with Crippen LogP contribution in [0.1, 0.15) is 36.7 Å². The van der Waals surface area contributed by atoms with Crippen molar-refractivity contribution in [3.63, 3.8) is 0 Å². The zero-order valence-electron chi connectivity index (χ0n) is 11.9. The van der Waals surface area contributed by atoms with E-state index < -0.39 is 0 Å². The number of carbonyl (C=O) groups excluding carboxylic acids is 1. The van der Waals surface area contributed by atoms with Gasteiger partial charge in [-0.1, -0.05) is 31.5 Å². The molecule has 2 nitrogen and oxygen atoms in total. The lowest BCUT2D eigenvalue weighted by Crippen LogP contribution is -1.89. The second kappa shape index (κ2) is 9.95. The fourth-order valence-corrected chi connectivity index (χ4v) is 1.12. The van der Waals surface area contributed by atoms with Crippen molar-refractivity contribution in [2.75, 3.05) is 0 Å². The molecular formula is C16H20FNO. The summed E-state index contributed by atoms with van der Waals surface area (Å²) in [7, 11) is 0. The molecule has 0 saturated heterocycles. The van der Waals surface area contributed by atoms with Crippen molar-refractivity contribution >= 4 is 5.78 Å². The van der Waals surface area contributed by atoms with E-state index >= 15 is 0 Å². The maximum absolute atomic E-state index is 12.1. The summed E-state index contributed by atoms with van der Waals surface area (Å²) in [4.78, 5) is 14.4. The van der Waals surface area contributed by atoms with Gasteiger partial charge in [-0.15, -0.1) is 0 Å². The molecule has 0 atom stereocenters. The molecule has 0 unspecified atom stereocenters. The summed E-state index contributed by atoms with van der Waals surface area (Å²) < 4.78 is 12.1. The molecule has 1 heterocycles. The first-order chi connectivity index (χ1) is 9.09. The largest absolute Gasteiger partial charge is 0.295 e. The molecule has 0 N–H and O–H groups in total. The Kier molecular flexibility index (Phi) is 8.88. The van der Waals surface area contributed by atoms with Gasteiger partial charge in [-0.05, 0) is 38.1 Å². The lowest BCUT2D eigenvalue weighted by atomic mass is 10.2. The zero-order valence-corrected chi connectivity index (χ0v) is 11.9. The van der Waals surface area contributed by atoms with Gasteiger partial charge in [0.2, 0.25) is 0 Å². The monoisotopic (exact) mass is 261 g/mol. The second-order valence-electron chi connectivity index (χ2n) is 3.59. The fraction of sp³-hybridized carbons (Fsp3) is 0.250. The molecule has 0 bridgehead atoms. The van der Waals surface area contributed by atoms with E-state index in [1.807, 2.05) is 20.8 Å². The van der Waals surface area contributed by atoms with E-state index in [1.54, 1.807) is 36.7 Å². The van der Waals surface area contributed by atoms with E-state index in [-0.39, 0.29) is 11.6 Å². The number of carbonyl (C=O) groups is 1. The first-order valence-corrected chi connectivity index (χ1v) is 6.22. The summed E-state index contributed by atoms with van der Waals surface area (Å²) in [6.45, 7) is 7.47. The van der Waals surface area contributed by atoms with Crippen LogP contribution >= 0.6 is 0 Å². The van der Waals surface area contributed by atoms with E-state index in [0.717, 1.165) is 5.56 Å². The Balaban J connectivity index is 0.000000303. The van der Waals surface area contributed by atoms with E-state index in [4.69, 9.17) is 0 Å². The highest BCUT2D eigenvalue weighted by Crippen LogP contribution is 1.99. The number of hydrogen-bond acceptors (Lipinski definition) is 2. The van der Waals surface area contributed by atoms with Crippen molar-refractivity contribution in [3.05, 3.63) is 65.7 Å². The molecule has 0 aliphatic carbocycles. The van der Waals surface area contributed by atoms with Gasteiger partial charge in [-0.3, -0.25) is 9.78 Å². The Morgan fingerprint density at radius 1 is 1.00 bits per heavy atom. The summed E-state index contributed by atoms with van der Waals surface area (Å²) >= 11 is 0. The first kappa shape index (κ1) is 17.0. The van der Waals surface area contributed by atoms with Gasteiger partial charge in [-0.2, -0.15) is 0 Å². The molecule has 0 saturated carbocycles. The number of benzene rings is 1. The number of aryl methyl sites for hydroxylation is 1. The molecule has 0 fully saturated rings. The Labute approximate surface area is 114 Å². The van der Waals surface area contributed by atoms with Gasteiger partial charge >= 0.3 is 0 Å². The van der Waals surface area contributed by atoms with Gasteiger partial charge in [0.05, 0.1) is 0 Å². The van der Waals surface area contributed by atoms with Crippen LogP contribution in [0.3, 0.4) is 0 Å². The lowest BCUT2D eigenvalue weighted by molar-refractivity contribution is 0.101. The molecule has 2 rings (SSSR count). The summed E-state index contributed by atoms with van der Waals surface area (Å²) in [6.07, 6.45) is 3.22. The molecular weight excluding hydrogens is 241 g/mol. The van der Waals surface area contributed by atoms with E-state index in [2.05, 4.69) is 4.98 Å². The summed E-state index contributed by atoms with van der Waals surface area (Å²) in [6, 6.07) is 9.79. The maximum Gasteiger partial charge on any atom is 0.159 e. The van der Waals surface area contributed by atoms with Gasteiger partial charge in [0.25, 0.3) is 0 Å². The van der Waals surface area contributed by atoms with Gasteiger partial charge in [0, 0.05) is 18.0 Å². The predicted molar refractivity (Wildman–Crippen MR) is 76.7 cm³/mol. The number of pyridine rings is 1. The van der Waals surface area contributed by atoms with Crippen LogP contribution in [-0.4, -0.2) is 10.8 Å². The van der Waals surface area contributed by atoms with E-state index in [9.17, 15) is 9.18 Å². The highest BCUT2D eigenvalue weighted by atomic mass is 19.1. The van der Waals surface area contributed by atoms with Crippen LogP contribution in [0.25, 0.3) is 0 Å². The molecule has 0 aliphatic rings. The van der Waals surface area contributed by atoms with Gasteiger partial charge in [0.15, 0.2) is 5.78 Å². The summed E-state index contributed by atoms with van der Waals surface area (Å²) in [5, 5.41) is 0. The molecule has 0 radical (unpaired) electrons. The number of aromatic nitrogens is 1. The third-order valence-corrected chi connectivity index (χ3v) is 2.10. The van der Waals surface area contributed by atoms with E-state index in [0.29, 0.717) is 5.56 Å². The van der Waals surface area contributed by atoms with Crippen LogP contribution in [0.4, 0.5) is 4.39 Å². The standard InChI is InChI=1S/C7H7F.C7H7NO.C2H6/c1-6-2-4-7(8)5-3-6;1-6(9)7-2-4-8-5-3-7;1-2/h2-5H,1H3;2-5H,1H3;1-2H3. The van der Waals surface area contributed by atoms with Crippen LogP contribution < -0.4 is 0 Å². The highest BCUT2D eigenvalue weighted by Gasteiger charge is 1.93.